The Balaban J connectivity index is 1.52. The van der Waals surface area contributed by atoms with Gasteiger partial charge in [0.15, 0.2) is 0 Å². The molecule has 38 heavy (non-hydrogen) atoms. The minimum Gasteiger partial charge on any atom is -0.354 e. The van der Waals surface area contributed by atoms with E-state index in [0.29, 0.717) is 22.0 Å². The van der Waals surface area contributed by atoms with Crippen LogP contribution in [0.1, 0.15) is 28.8 Å². The topological polar surface area (TPSA) is 133 Å². The zero-order valence-electron chi connectivity index (χ0n) is 21.0. The first-order valence-corrected chi connectivity index (χ1v) is 16.6. The van der Waals surface area contributed by atoms with Gasteiger partial charge in [-0.3, -0.25) is 14.5 Å². The summed E-state index contributed by atoms with van der Waals surface area (Å²) in [4.78, 5) is 27.6. The molecule has 2 aromatic carbocycles. The first kappa shape index (κ1) is 30.4. The minimum atomic E-state index is -4.26. The molecule has 1 fully saturated rings. The Labute approximate surface area is 236 Å². The van der Waals surface area contributed by atoms with Gasteiger partial charge >= 0.3 is 0 Å². The molecular weight excluding hydrogens is 620 g/mol. The number of amides is 2. The fraction of sp³-hybridized carbons (Fsp3) is 0.417. The molecule has 0 unspecified atom stereocenters. The molecule has 0 radical (unpaired) electrons. The Bertz CT molecular complexity index is 1350. The number of benzene rings is 2. The molecule has 1 aliphatic heterocycles. The second-order valence-corrected chi connectivity index (χ2v) is 14.5. The molecule has 14 heteroatoms. The number of nitrogens with zero attached hydrogens (tertiary/aromatic N) is 2. The molecule has 1 saturated heterocycles. The van der Waals surface area contributed by atoms with E-state index in [9.17, 15) is 26.4 Å². The van der Waals surface area contributed by atoms with Crippen LogP contribution in [0.25, 0.3) is 0 Å². The summed E-state index contributed by atoms with van der Waals surface area (Å²) in [6, 6.07) is 11.7. The molecule has 2 amide bonds. The third-order valence-electron chi connectivity index (χ3n) is 6.03. The lowest BCUT2D eigenvalue weighted by Crippen LogP contribution is -2.42. The quantitative estimate of drug-likeness (QED) is 0.404. The first-order chi connectivity index (χ1) is 17.7. The highest BCUT2D eigenvalue weighted by Gasteiger charge is 2.31. The monoisotopic (exact) mass is 648 g/mol. The molecule has 0 saturated carbocycles. The average Bonchev–Trinajstić information content (AvgIpc) is 2.83. The summed E-state index contributed by atoms with van der Waals surface area (Å²) in [7, 11) is -8.52. The van der Waals surface area contributed by atoms with Gasteiger partial charge in [0.2, 0.25) is 26.0 Å². The van der Waals surface area contributed by atoms with Crippen molar-refractivity contribution in [3.05, 3.63) is 63.1 Å². The lowest BCUT2D eigenvalue weighted by atomic mass is 9.96. The number of rotatable bonds is 10. The summed E-state index contributed by atoms with van der Waals surface area (Å²) in [6.45, 7) is 2.78. The Hall–Kier alpha value is -2.19. The highest BCUT2D eigenvalue weighted by atomic mass is 79.9. The highest BCUT2D eigenvalue weighted by molar-refractivity contribution is 9.10. The number of carbonyl (C=O) groups excluding carboxylic acids is 2. The van der Waals surface area contributed by atoms with Crippen molar-refractivity contribution in [1.82, 2.24) is 15.5 Å². The van der Waals surface area contributed by atoms with Gasteiger partial charge in [-0.15, -0.1) is 0 Å². The van der Waals surface area contributed by atoms with Crippen molar-refractivity contribution < 1.29 is 26.4 Å². The number of nitrogens with one attached hydrogen (secondary N) is 2. The Morgan fingerprint density at radius 1 is 1.00 bits per heavy atom. The summed E-state index contributed by atoms with van der Waals surface area (Å²) in [6.07, 6.45) is 3.31. The third-order valence-corrected chi connectivity index (χ3v) is 9.99. The van der Waals surface area contributed by atoms with E-state index < -0.39 is 31.9 Å². The second-order valence-electron chi connectivity index (χ2n) is 9.22. The second kappa shape index (κ2) is 12.8. The van der Waals surface area contributed by atoms with Crippen LogP contribution in [0.4, 0.5) is 5.69 Å². The Morgan fingerprint density at radius 3 is 2.18 bits per heavy atom. The lowest BCUT2D eigenvalue weighted by molar-refractivity contribution is -0.120. The van der Waals surface area contributed by atoms with Crippen LogP contribution in [0, 0.1) is 5.92 Å². The van der Waals surface area contributed by atoms with E-state index in [1.807, 2.05) is 24.3 Å². The van der Waals surface area contributed by atoms with Crippen LogP contribution in [-0.2, 0) is 31.4 Å². The smallest absolute Gasteiger partial charge is 0.253 e. The van der Waals surface area contributed by atoms with Gasteiger partial charge in [0.25, 0.3) is 5.91 Å². The van der Waals surface area contributed by atoms with Crippen LogP contribution in [0.5, 0.6) is 0 Å². The normalized spacial score (nSPS) is 15.2. The summed E-state index contributed by atoms with van der Waals surface area (Å²) < 4.78 is 49.4. The maximum Gasteiger partial charge on any atom is 0.253 e. The molecule has 0 atom stereocenters. The van der Waals surface area contributed by atoms with Crippen molar-refractivity contribution in [1.29, 1.82) is 0 Å². The zero-order chi connectivity index (χ0) is 28.1. The summed E-state index contributed by atoms with van der Waals surface area (Å²) in [5.74, 6) is -0.878. The molecule has 208 valence electrons. The van der Waals surface area contributed by atoms with E-state index in [-0.39, 0.29) is 21.5 Å². The number of hydrogen-bond donors (Lipinski definition) is 2. The Kier molecular flexibility index (Phi) is 10.2. The number of anilines is 1. The molecule has 0 aliphatic carbocycles. The van der Waals surface area contributed by atoms with E-state index in [0.717, 1.165) is 45.0 Å². The van der Waals surface area contributed by atoms with Crippen LogP contribution in [0.3, 0.4) is 0 Å². The fourth-order valence-corrected chi connectivity index (χ4v) is 7.71. The van der Waals surface area contributed by atoms with Crippen molar-refractivity contribution in [3.63, 3.8) is 0 Å². The molecule has 2 aromatic rings. The number of hydrogen-bond acceptors (Lipinski definition) is 7. The van der Waals surface area contributed by atoms with Crippen molar-refractivity contribution in [2.45, 2.75) is 19.4 Å². The van der Waals surface area contributed by atoms with Crippen molar-refractivity contribution in [2.75, 3.05) is 42.4 Å². The maximum atomic E-state index is 12.9. The van der Waals surface area contributed by atoms with Gasteiger partial charge in [-0.05, 0) is 67.7 Å². The lowest BCUT2D eigenvalue weighted by Gasteiger charge is -2.32. The van der Waals surface area contributed by atoms with Gasteiger partial charge in [0.05, 0.1) is 30.3 Å². The van der Waals surface area contributed by atoms with Crippen molar-refractivity contribution in [3.8, 4) is 0 Å². The molecule has 0 spiro atoms. The van der Waals surface area contributed by atoms with Crippen molar-refractivity contribution >= 4 is 65.1 Å². The standard InChI is InChI=1S/C24H30BrClN4O6S2/c1-37(33,34)30(38(2,35)36)22-8-5-19(25)13-21(22)24(32)28-15-23(31)27-14-17-9-11-29(12-10-17)16-18-3-6-20(26)7-4-18/h3-8,13,17H,9-12,14-16H2,1-2H3,(H,27,31)(H,28,32). The van der Waals surface area contributed by atoms with E-state index >= 15 is 0 Å². The molecule has 2 N–H and O–H groups in total. The average molecular weight is 650 g/mol. The van der Waals surface area contributed by atoms with Gasteiger partial charge in [-0.25, -0.2) is 16.8 Å². The SMILES string of the molecule is CS(=O)(=O)N(c1ccc(Br)cc1C(=O)NCC(=O)NCC1CCN(Cc2ccc(Cl)cc2)CC1)S(C)(=O)=O. The number of likely N-dealkylation sites (tertiary alicyclic amines) is 1. The molecule has 3 rings (SSSR count). The summed E-state index contributed by atoms with van der Waals surface area (Å²) in [5.41, 5.74) is 0.652. The number of piperidine rings is 1. The van der Waals surface area contributed by atoms with Crippen molar-refractivity contribution in [2.24, 2.45) is 5.92 Å². The maximum absolute atomic E-state index is 12.9. The van der Waals surface area contributed by atoms with Crippen LogP contribution in [0.15, 0.2) is 46.9 Å². The minimum absolute atomic E-state index is 0.195. The van der Waals surface area contributed by atoms with Crippen LogP contribution >= 0.6 is 27.5 Å². The van der Waals surface area contributed by atoms with E-state index in [1.165, 1.54) is 23.8 Å². The molecule has 10 nitrogen and oxygen atoms in total. The first-order valence-electron chi connectivity index (χ1n) is 11.8. The molecule has 1 aliphatic rings. The number of carbonyl (C=O) groups is 2. The van der Waals surface area contributed by atoms with E-state index in [1.54, 1.807) is 0 Å². The summed E-state index contributed by atoms with van der Waals surface area (Å²) in [5, 5.41) is 5.98. The molecule has 0 bridgehead atoms. The number of halogens is 2. The van der Waals surface area contributed by atoms with Crippen LogP contribution < -0.4 is 14.3 Å². The van der Waals surface area contributed by atoms with Gasteiger partial charge in [0.1, 0.15) is 0 Å². The van der Waals surface area contributed by atoms with E-state index in [2.05, 4.69) is 31.5 Å². The predicted molar refractivity (Wildman–Crippen MR) is 151 cm³/mol. The zero-order valence-corrected chi connectivity index (χ0v) is 25.0. The number of sulfonamides is 2. The van der Waals surface area contributed by atoms with Gasteiger partial charge in [-0.1, -0.05) is 39.7 Å². The molecule has 1 heterocycles. The Morgan fingerprint density at radius 2 is 1.61 bits per heavy atom. The van der Waals surface area contributed by atoms with Gasteiger partial charge in [0, 0.05) is 22.6 Å². The molecule has 0 aromatic heterocycles. The van der Waals surface area contributed by atoms with E-state index in [4.69, 9.17) is 11.6 Å². The van der Waals surface area contributed by atoms with Gasteiger partial charge in [-0.2, -0.15) is 3.71 Å². The fourth-order valence-electron chi connectivity index (χ4n) is 4.23. The third kappa shape index (κ3) is 8.67. The largest absolute Gasteiger partial charge is 0.354 e. The van der Waals surface area contributed by atoms with Crippen LogP contribution in [-0.4, -0.2) is 72.2 Å². The predicted octanol–water partition coefficient (Wildman–Crippen LogP) is 2.59. The summed E-state index contributed by atoms with van der Waals surface area (Å²) >= 11 is 9.15. The van der Waals surface area contributed by atoms with Crippen LogP contribution in [0.2, 0.25) is 5.02 Å². The highest BCUT2D eigenvalue weighted by Crippen LogP contribution is 2.28. The van der Waals surface area contributed by atoms with Gasteiger partial charge < -0.3 is 10.6 Å². The molecular formula is C24H30BrClN4O6S2.